The SMILES string of the molecule is COc1cc(C)cc(OC)c1C[C@@H](C)N. The summed E-state index contributed by atoms with van der Waals surface area (Å²) >= 11 is 0. The number of benzene rings is 1. The van der Waals surface area contributed by atoms with Crippen LogP contribution in [0.2, 0.25) is 0 Å². The van der Waals surface area contributed by atoms with E-state index >= 15 is 0 Å². The van der Waals surface area contributed by atoms with Gasteiger partial charge in [0.15, 0.2) is 0 Å². The molecule has 0 aliphatic heterocycles. The summed E-state index contributed by atoms with van der Waals surface area (Å²) in [6.07, 6.45) is 0.757. The molecule has 0 unspecified atom stereocenters. The first kappa shape index (κ1) is 11.9. The summed E-state index contributed by atoms with van der Waals surface area (Å²) in [6.45, 7) is 3.99. The molecule has 84 valence electrons. The highest BCUT2D eigenvalue weighted by molar-refractivity contribution is 5.48. The lowest BCUT2D eigenvalue weighted by molar-refractivity contribution is 0.383. The molecule has 0 aliphatic rings. The normalized spacial score (nSPS) is 12.3. The predicted molar refractivity (Wildman–Crippen MR) is 61.6 cm³/mol. The van der Waals surface area contributed by atoms with Gasteiger partial charge in [-0.3, -0.25) is 0 Å². The maximum absolute atomic E-state index is 5.80. The monoisotopic (exact) mass is 209 g/mol. The number of hydrogen-bond acceptors (Lipinski definition) is 3. The summed E-state index contributed by atoms with van der Waals surface area (Å²) in [6, 6.07) is 4.09. The van der Waals surface area contributed by atoms with E-state index in [-0.39, 0.29) is 6.04 Å². The summed E-state index contributed by atoms with van der Waals surface area (Å²) in [5.41, 5.74) is 7.96. The van der Waals surface area contributed by atoms with Crippen molar-refractivity contribution in [1.82, 2.24) is 0 Å². The van der Waals surface area contributed by atoms with Gasteiger partial charge in [0.25, 0.3) is 0 Å². The van der Waals surface area contributed by atoms with Gasteiger partial charge in [-0.15, -0.1) is 0 Å². The highest BCUT2D eigenvalue weighted by Crippen LogP contribution is 2.31. The number of hydrogen-bond donors (Lipinski definition) is 1. The zero-order valence-corrected chi connectivity index (χ0v) is 9.83. The van der Waals surface area contributed by atoms with Crippen LogP contribution in [0.1, 0.15) is 18.1 Å². The Morgan fingerprint density at radius 3 is 2.00 bits per heavy atom. The van der Waals surface area contributed by atoms with Crippen LogP contribution in [0.3, 0.4) is 0 Å². The van der Waals surface area contributed by atoms with Crippen molar-refractivity contribution in [3.05, 3.63) is 23.3 Å². The van der Waals surface area contributed by atoms with Crippen LogP contribution in [0.5, 0.6) is 11.5 Å². The third-order valence-corrected chi connectivity index (χ3v) is 2.28. The van der Waals surface area contributed by atoms with E-state index in [2.05, 4.69) is 0 Å². The van der Waals surface area contributed by atoms with E-state index in [0.29, 0.717) is 0 Å². The molecule has 0 saturated carbocycles. The van der Waals surface area contributed by atoms with Gasteiger partial charge in [-0.05, 0) is 38.0 Å². The molecule has 0 aromatic heterocycles. The summed E-state index contributed by atoms with van der Waals surface area (Å²) in [5, 5.41) is 0. The predicted octanol–water partition coefficient (Wildman–Crippen LogP) is 1.90. The van der Waals surface area contributed by atoms with Gasteiger partial charge in [0.1, 0.15) is 11.5 Å². The van der Waals surface area contributed by atoms with Gasteiger partial charge < -0.3 is 15.2 Å². The highest BCUT2D eigenvalue weighted by Gasteiger charge is 2.12. The Labute approximate surface area is 91.2 Å². The van der Waals surface area contributed by atoms with Crippen molar-refractivity contribution in [2.24, 2.45) is 5.73 Å². The molecule has 15 heavy (non-hydrogen) atoms. The number of methoxy groups -OCH3 is 2. The molecule has 1 atom stereocenters. The molecule has 1 aromatic carbocycles. The number of rotatable bonds is 4. The average Bonchev–Trinajstić information content (AvgIpc) is 2.19. The van der Waals surface area contributed by atoms with E-state index in [9.17, 15) is 0 Å². The Bertz CT molecular complexity index is 309. The third kappa shape index (κ3) is 2.86. The maximum atomic E-state index is 5.80. The minimum atomic E-state index is 0.0931. The molecule has 0 amide bonds. The van der Waals surface area contributed by atoms with Crippen LogP contribution in [0.15, 0.2) is 12.1 Å². The second kappa shape index (κ2) is 5.03. The molecule has 1 rings (SSSR count). The molecule has 3 nitrogen and oxygen atoms in total. The van der Waals surface area contributed by atoms with Crippen LogP contribution in [0.4, 0.5) is 0 Å². The van der Waals surface area contributed by atoms with Crippen LogP contribution in [0, 0.1) is 6.92 Å². The van der Waals surface area contributed by atoms with Crippen molar-refractivity contribution in [3.8, 4) is 11.5 Å². The van der Waals surface area contributed by atoms with Gasteiger partial charge in [-0.25, -0.2) is 0 Å². The second-order valence-electron chi connectivity index (χ2n) is 3.83. The zero-order valence-electron chi connectivity index (χ0n) is 9.83. The smallest absolute Gasteiger partial charge is 0.126 e. The second-order valence-corrected chi connectivity index (χ2v) is 3.83. The van der Waals surface area contributed by atoms with Crippen LogP contribution in [-0.4, -0.2) is 20.3 Å². The summed E-state index contributed by atoms with van der Waals surface area (Å²) in [5.74, 6) is 1.70. The largest absolute Gasteiger partial charge is 0.496 e. The minimum absolute atomic E-state index is 0.0931. The molecule has 0 bridgehead atoms. The summed E-state index contributed by atoms with van der Waals surface area (Å²) in [4.78, 5) is 0. The Morgan fingerprint density at radius 2 is 1.67 bits per heavy atom. The number of nitrogens with two attached hydrogens (primary N) is 1. The van der Waals surface area contributed by atoms with Crippen molar-refractivity contribution >= 4 is 0 Å². The van der Waals surface area contributed by atoms with Crippen molar-refractivity contribution in [3.63, 3.8) is 0 Å². The summed E-state index contributed by atoms with van der Waals surface area (Å²) in [7, 11) is 3.33. The molecule has 0 saturated heterocycles. The fourth-order valence-corrected chi connectivity index (χ4v) is 1.64. The molecular weight excluding hydrogens is 190 g/mol. The average molecular weight is 209 g/mol. The lowest BCUT2D eigenvalue weighted by atomic mass is 10.0. The molecule has 0 radical (unpaired) electrons. The van der Waals surface area contributed by atoms with E-state index in [1.165, 1.54) is 0 Å². The Balaban J connectivity index is 3.18. The standard InChI is InChI=1S/C12H19NO2/c1-8-5-11(14-3)10(7-9(2)13)12(6-8)15-4/h5-6,9H,7,13H2,1-4H3/t9-/m1/s1. The van der Waals surface area contributed by atoms with E-state index < -0.39 is 0 Å². The quantitative estimate of drug-likeness (QED) is 0.823. The van der Waals surface area contributed by atoms with Crippen molar-refractivity contribution < 1.29 is 9.47 Å². The Kier molecular flexibility index (Phi) is 3.97. The molecule has 3 heteroatoms. The van der Waals surface area contributed by atoms with Gasteiger partial charge in [0.2, 0.25) is 0 Å². The minimum Gasteiger partial charge on any atom is -0.496 e. The summed E-state index contributed by atoms with van der Waals surface area (Å²) < 4.78 is 10.7. The fourth-order valence-electron chi connectivity index (χ4n) is 1.64. The lowest BCUT2D eigenvalue weighted by Gasteiger charge is -2.15. The number of aryl methyl sites for hydroxylation is 1. The van der Waals surface area contributed by atoms with E-state index in [1.54, 1.807) is 14.2 Å². The first-order valence-corrected chi connectivity index (χ1v) is 5.05. The van der Waals surface area contributed by atoms with Crippen LogP contribution >= 0.6 is 0 Å². The van der Waals surface area contributed by atoms with E-state index in [1.807, 2.05) is 26.0 Å². The van der Waals surface area contributed by atoms with Gasteiger partial charge in [-0.1, -0.05) is 0 Å². The molecule has 2 N–H and O–H groups in total. The Morgan fingerprint density at radius 1 is 1.20 bits per heavy atom. The van der Waals surface area contributed by atoms with Crippen molar-refractivity contribution in [2.45, 2.75) is 26.3 Å². The molecule has 0 aliphatic carbocycles. The highest BCUT2D eigenvalue weighted by atomic mass is 16.5. The van der Waals surface area contributed by atoms with Crippen LogP contribution < -0.4 is 15.2 Å². The zero-order chi connectivity index (χ0) is 11.4. The van der Waals surface area contributed by atoms with Gasteiger partial charge in [0.05, 0.1) is 14.2 Å². The third-order valence-electron chi connectivity index (χ3n) is 2.28. The van der Waals surface area contributed by atoms with Crippen molar-refractivity contribution in [1.29, 1.82) is 0 Å². The fraction of sp³-hybridized carbons (Fsp3) is 0.500. The molecule has 0 spiro atoms. The van der Waals surface area contributed by atoms with E-state index in [4.69, 9.17) is 15.2 Å². The lowest BCUT2D eigenvalue weighted by Crippen LogP contribution is -2.18. The molecule has 0 fully saturated rings. The Hall–Kier alpha value is -1.22. The van der Waals surface area contributed by atoms with Crippen LogP contribution in [0.25, 0.3) is 0 Å². The first-order chi connectivity index (χ1) is 7.08. The van der Waals surface area contributed by atoms with Gasteiger partial charge in [-0.2, -0.15) is 0 Å². The maximum Gasteiger partial charge on any atom is 0.126 e. The van der Waals surface area contributed by atoms with E-state index in [0.717, 1.165) is 29.0 Å². The molecular formula is C12H19NO2. The topological polar surface area (TPSA) is 44.5 Å². The number of ether oxygens (including phenoxy) is 2. The van der Waals surface area contributed by atoms with Crippen molar-refractivity contribution in [2.75, 3.05) is 14.2 Å². The van der Waals surface area contributed by atoms with Crippen LogP contribution in [-0.2, 0) is 6.42 Å². The van der Waals surface area contributed by atoms with Gasteiger partial charge in [0, 0.05) is 11.6 Å². The molecule has 1 aromatic rings. The first-order valence-electron chi connectivity index (χ1n) is 5.05. The molecule has 0 heterocycles. The van der Waals surface area contributed by atoms with Gasteiger partial charge >= 0.3 is 0 Å².